The van der Waals surface area contributed by atoms with Crippen molar-refractivity contribution in [2.45, 2.75) is 37.7 Å². The van der Waals surface area contributed by atoms with Gasteiger partial charge >= 0.3 is 0 Å². The van der Waals surface area contributed by atoms with E-state index >= 15 is 0 Å². The molecule has 0 N–H and O–H groups in total. The maximum atomic E-state index is 12.6. The summed E-state index contributed by atoms with van der Waals surface area (Å²) >= 11 is 12.2. The Hall–Kier alpha value is -3.66. The van der Waals surface area contributed by atoms with Gasteiger partial charge in [-0.1, -0.05) is 47.5 Å². The molecule has 6 nitrogen and oxygen atoms in total. The lowest BCUT2D eigenvalue weighted by Gasteiger charge is -2.17. The molecule has 2 aromatic carbocycles. The summed E-state index contributed by atoms with van der Waals surface area (Å²) in [5.41, 5.74) is 4.37. The molecule has 0 saturated heterocycles. The topological polar surface area (TPSA) is 108 Å². The van der Waals surface area contributed by atoms with Gasteiger partial charge in [0.2, 0.25) is 0 Å². The third-order valence-corrected chi connectivity index (χ3v) is 8.77. The molecule has 0 aliphatic carbocycles. The Bertz CT molecular complexity index is 1630. The molecule has 0 bridgehead atoms. The largest absolute Gasteiger partial charge is 0.294 e. The Kier molecular flexibility index (Phi) is 8.98. The van der Waals surface area contributed by atoms with Crippen molar-refractivity contribution in [1.29, 1.82) is 10.5 Å². The van der Waals surface area contributed by atoms with Crippen molar-refractivity contribution in [3.63, 3.8) is 0 Å². The van der Waals surface area contributed by atoms with Crippen LogP contribution < -0.4 is 0 Å². The molecule has 0 unspecified atom stereocenters. The predicted octanol–water partition coefficient (Wildman–Crippen LogP) is 8.68. The predicted molar refractivity (Wildman–Crippen MR) is 160 cm³/mol. The number of nitriles is 2. The maximum Gasteiger partial charge on any atom is 0.162 e. The van der Waals surface area contributed by atoms with E-state index in [0.29, 0.717) is 64.9 Å². The maximum absolute atomic E-state index is 12.6. The molecule has 10 heteroatoms. The van der Waals surface area contributed by atoms with Crippen molar-refractivity contribution in [3.8, 4) is 34.4 Å². The minimum atomic E-state index is -0.216. The Morgan fingerprint density at radius 1 is 0.675 bits per heavy atom. The lowest BCUT2D eigenvalue weighted by Crippen LogP contribution is -2.07. The van der Waals surface area contributed by atoms with Crippen LogP contribution >= 0.6 is 44.8 Å². The average molecular weight is 604 g/mol. The summed E-state index contributed by atoms with van der Waals surface area (Å²) in [6, 6.07) is 18.2. The van der Waals surface area contributed by atoms with Crippen LogP contribution in [-0.2, 0) is 0 Å². The van der Waals surface area contributed by atoms with Crippen molar-refractivity contribution >= 4 is 56.4 Å². The second-order valence-corrected chi connectivity index (χ2v) is 11.8. The van der Waals surface area contributed by atoms with Gasteiger partial charge in [0.25, 0.3) is 0 Å². The van der Waals surface area contributed by atoms with Crippen LogP contribution in [0, 0.1) is 36.5 Å². The zero-order valence-corrected chi connectivity index (χ0v) is 24.9. The van der Waals surface area contributed by atoms with Crippen LogP contribution in [0.1, 0.15) is 57.1 Å². The molecule has 0 atom stereocenters. The van der Waals surface area contributed by atoms with E-state index in [-0.39, 0.29) is 22.7 Å². The first-order chi connectivity index (χ1) is 19.1. The summed E-state index contributed by atoms with van der Waals surface area (Å²) in [4.78, 5) is 34.4. The lowest BCUT2D eigenvalue weighted by atomic mass is 9.93. The number of hydrogen-bond acceptors (Lipinski definition) is 8. The molecule has 0 aliphatic heterocycles. The summed E-state index contributed by atoms with van der Waals surface area (Å²) in [7, 11) is 2.31. The number of ketones is 2. The fraction of sp³-hybridized carbons (Fsp3) is 0.133. The monoisotopic (exact) mass is 602 g/mol. The smallest absolute Gasteiger partial charge is 0.162 e. The van der Waals surface area contributed by atoms with E-state index in [2.05, 4.69) is 22.1 Å². The molecule has 0 fully saturated rings. The van der Waals surface area contributed by atoms with Gasteiger partial charge < -0.3 is 0 Å². The summed E-state index contributed by atoms with van der Waals surface area (Å²) in [6.07, 6.45) is 0. The Morgan fingerprint density at radius 2 is 1.00 bits per heavy atom. The standard InChI is InChI=1S/C30H20Cl2N4O2S2/c1-15-25(17(3)37)27(19-5-9-21(31)10-6-19)23(13-33)29(35-15)39-40-30-24(14-34)28(20-7-11-22(32)12-8-20)26(18(4)38)16(2)36-30/h5-12H,1-4H3. The van der Waals surface area contributed by atoms with Crippen molar-refractivity contribution < 1.29 is 9.59 Å². The highest BCUT2D eigenvalue weighted by Gasteiger charge is 2.25. The van der Waals surface area contributed by atoms with Crippen LogP contribution in [0.15, 0.2) is 58.6 Å². The fourth-order valence-corrected chi connectivity index (χ4v) is 6.85. The minimum Gasteiger partial charge on any atom is -0.294 e. The van der Waals surface area contributed by atoms with E-state index in [1.807, 2.05) is 0 Å². The third kappa shape index (κ3) is 5.77. The first-order valence-electron chi connectivity index (χ1n) is 11.8. The number of hydrogen-bond donors (Lipinski definition) is 0. The van der Waals surface area contributed by atoms with Gasteiger partial charge in [-0.2, -0.15) is 10.5 Å². The highest BCUT2D eigenvalue weighted by Crippen LogP contribution is 2.45. The number of carbonyl (C=O) groups is 2. The minimum absolute atomic E-state index is 0.216. The van der Waals surface area contributed by atoms with Gasteiger partial charge in [0.15, 0.2) is 11.6 Å². The number of aryl methyl sites for hydroxylation is 2. The molecule has 2 heterocycles. The van der Waals surface area contributed by atoms with Gasteiger partial charge in [-0.3, -0.25) is 9.59 Å². The Balaban J connectivity index is 1.88. The molecular weight excluding hydrogens is 583 g/mol. The molecule has 40 heavy (non-hydrogen) atoms. The molecule has 0 saturated carbocycles. The SMILES string of the molecule is CC(=O)c1c(C)nc(SSc2nc(C)c(C(C)=O)c(-c3ccc(Cl)cc3)c2C#N)c(C#N)c1-c1ccc(Cl)cc1. The molecule has 4 aromatic rings. The van der Waals surface area contributed by atoms with E-state index in [4.69, 9.17) is 23.2 Å². The van der Waals surface area contributed by atoms with Crippen LogP contribution in [0.25, 0.3) is 22.3 Å². The molecule has 4 rings (SSSR count). The van der Waals surface area contributed by atoms with Crippen molar-refractivity contribution in [2.24, 2.45) is 0 Å². The Morgan fingerprint density at radius 3 is 1.27 bits per heavy atom. The highest BCUT2D eigenvalue weighted by molar-refractivity contribution is 8.76. The van der Waals surface area contributed by atoms with E-state index in [1.165, 1.54) is 13.8 Å². The van der Waals surface area contributed by atoms with E-state index in [1.54, 1.807) is 62.4 Å². The molecule has 0 radical (unpaired) electrons. The number of benzene rings is 2. The van der Waals surface area contributed by atoms with Crippen molar-refractivity contribution in [1.82, 2.24) is 9.97 Å². The molecule has 0 aliphatic rings. The summed E-state index contributed by atoms with van der Waals surface area (Å²) in [6.45, 7) is 6.31. The number of halogens is 2. The van der Waals surface area contributed by atoms with Crippen LogP contribution in [-0.4, -0.2) is 21.5 Å². The number of nitrogens with zero attached hydrogens (tertiary/aromatic N) is 4. The molecular formula is C30H20Cl2N4O2S2. The number of rotatable bonds is 7. The zero-order chi connectivity index (χ0) is 29.1. The lowest BCUT2D eigenvalue weighted by molar-refractivity contribution is 0.100. The highest BCUT2D eigenvalue weighted by atomic mass is 35.5. The third-order valence-electron chi connectivity index (χ3n) is 6.08. The normalized spacial score (nSPS) is 10.6. The van der Waals surface area contributed by atoms with Gasteiger partial charge in [-0.25, -0.2) is 9.97 Å². The first-order valence-corrected chi connectivity index (χ1v) is 14.8. The summed E-state index contributed by atoms with van der Waals surface area (Å²) in [5, 5.41) is 22.2. The van der Waals surface area contributed by atoms with Gasteiger partial charge in [0.1, 0.15) is 22.2 Å². The van der Waals surface area contributed by atoms with Crippen molar-refractivity contribution in [2.75, 3.05) is 0 Å². The molecule has 198 valence electrons. The van der Waals surface area contributed by atoms with Crippen LogP contribution in [0.2, 0.25) is 10.0 Å². The molecule has 2 aromatic heterocycles. The summed E-state index contributed by atoms with van der Waals surface area (Å²) in [5.74, 6) is -0.431. The van der Waals surface area contributed by atoms with E-state index < -0.39 is 0 Å². The van der Waals surface area contributed by atoms with Gasteiger partial charge in [-0.05, 0) is 84.7 Å². The second kappa shape index (κ2) is 12.2. The van der Waals surface area contributed by atoms with Gasteiger partial charge in [0, 0.05) is 32.3 Å². The average Bonchev–Trinajstić information content (AvgIpc) is 2.91. The zero-order valence-electron chi connectivity index (χ0n) is 21.8. The van der Waals surface area contributed by atoms with Crippen LogP contribution in [0.5, 0.6) is 0 Å². The fourth-order valence-electron chi connectivity index (χ4n) is 4.43. The van der Waals surface area contributed by atoms with E-state index in [9.17, 15) is 20.1 Å². The first kappa shape index (κ1) is 29.3. The summed E-state index contributed by atoms with van der Waals surface area (Å²) < 4.78 is 0. The van der Waals surface area contributed by atoms with Crippen molar-refractivity contribution in [3.05, 3.63) is 92.2 Å². The number of carbonyl (C=O) groups excluding carboxylic acids is 2. The van der Waals surface area contributed by atoms with Crippen LogP contribution in [0.3, 0.4) is 0 Å². The second-order valence-electron chi connectivity index (χ2n) is 8.77. The number of aromatic nitrogens is 2. The van der Waals surface area contributed by atoms with E-state index in [0.717, 1.165) is 21.6 Å². The molecule has 0 amide bonds. The quantitative estimate of drug-likeness (QED) is 0.153. The van der Waals surface area contributed by atoms with Gasteiger partial charge in [-0.15, -0.1) is 0 Å². The van der Waals surface area contributed by atoms with Crippen LogP contribution in [0.4, 0.5) is 0 Å². The molecule has 0 spiro atoms. The van der Waals surface area contributed by atoms with Gasteiger partial charge in [0.05, 0.1) is 22.5 Å². The Labute approximate surface area is 249 Å². The number of Topliss-reactive ketones (excluding diaryl/α,β-unsaturated/α-hetero) is 2. The number of pyridine rings is 2.